The van der Waals surface area contributed by atoms with E-state index in [1.807, 2.05) is 9.80 Å². The molecule has 2 aliphatic carbocycles. The Morgan fingerprint density at radius 3 is 2.43 bits per heavy atom. The maximum absolute atomic E-state index is 17.1. The molecule has 2 saturated carbocycles. The number of benzene rings is 3. The number of piperidine rings is 2. The number of piperazine rings is 1. The summed E-state index contributed by atoms with van der Waals surface area (Å²) in [5.41, 5.74) is -0.672. The first kappa shape index (κ1) is 46.1. The number of phenolic OH excluding ortho intramolecular Hbond substituents is 1. The zero-order valence-electron chi connectivity index (χ0n) is 44.9. The van der Waals surface area contributed by atoms with E-state index >= 15 is 8.78 Å². The highest BCUT2D eigenvalue weighted by atomic mass is 19.1. The molecule has 6 fully saturated rings. The molecule has 0 radical (unpaired) electrons. The van der Waals surface area contributed by atoms with Crippen molar-refractivity contribution in [1.82, 2.24) is 35.0 Å². The van der Waals surface area contributed by atoms with E-state index in [1.54, 1.807) is 6.92 Å². The zero-order chi connectivity index (χ0) is 54.0. The number of carbonyl (C=O) groups excluding carboxylic acids is 3. The number of aromatic hydroxyl groups is 1. The van der Waals surface area contributed by atoms with Crippen LogP contribution in [0.15, 0.2) is 48.7 Å². The normalized spacial score (nSPS) is 23.3. The maximum Gasteiger partial charge on any atom is 0.328 e. The van der Waals surface area contributed by atoms with E-state index < -0.39 is 36.0 Å². The van der Waals surface area contributed by atoms with Gasteiger partial charge in [-0.25, -0.2) is 13.6 Å². The zero-order valence-corrected chi connectivity index (χ0v) is 41.9. The van der Waals surface area contributed by atoms with Crippen LogP contribution in [0.2, 0.25) is 0 Å². The first-order valence-corrected chi connectivity index (χ1v) is 26.2. The van der Waals surface area contributed by atoms with Crippen molar-refractivity contribution in [2.24, 2.45) is 16.7 Å². The molecule has 11 rings (SSSR count). The number of halogens is 2. The van der Waals surface area contributed by atoms with E-state index in [0.29, 0.717) is 67.2 Å². The van der Waals surface area contributed by atoms with Crippen molar-refractivity contribution >= 4 is 51.0 Å². The number of hydrogen-bond donors (Lipinski definition) is 3. The van der Waals surface area contributed by atoms with Crippen molar-refractivity contribution in [3.05, 3.63) is 77.0 Å². The molecule has 1 spiro atoms. The number of likely N-dealkylation sites (tertiary alicyclic amines) is 1. The van der Waals surface area contributed by atoms with Gasteiger partial charge in [-0.2, -0.15) is 9.97 Å². The van der Waals surface area contributed by atoms with Crippen LogP contribution in [0.3, 0.4) is 0 Å². The molecular formula is C57H65F2N9O6. The molecule has 74 heavy (non-hydrogen) atoms. The fraction of sp³-hybridized carbons (Fsp3) is 0.509. The average Bonchev–Trinajstić information content (AvgIpc) is 4.23. The third kappa shape index (κ3) is 9.96. The number of aryl methyl sites for hydroxylation is 1. The first-order chi connectivity index (χ1) is 36.8. The van der Waals surface area contributed by atoms with Crippen molar-refractivity contribution in [3.8, 4) is 35.4 Å². The molecule has 0 unspecified atom stereocenters. The number of anilines is 2. The summed E-state index contributed by atoms with van der Waals surface area (Å²) < 4.78 is 62.8. The van der Waals surface area contributed by atoms with Gasteiger partial charge in [-0.15, -0.1) is 6.42 Å². The van der Waals surface area contributed by atoms with Crippen LogP contribution >= 0.6 is 0 Å². The molecule has 3 N–H and O–H groups in total. The lowest BCUT2D eigenvalue weighted by Crippen LogP contribution is -2.50. The number of amides is 4. The Morgan fingerprint density at radius 2 is 1.72 bits per heavy atom. The number of rotatable bonds is 11. The quantitative estimate of drug-likeness (QED) is 0.110. The fourth-order valence-electron chi connectivity index (χ4n) is 12.4. The van der Waals surface area contributed by atoms with Gasteiger partial charge in [-0.3, -0.25) is 24.8 Å². The number of nitrogens with one attached hydrogen (secondary N) is 1. The van der Waals surface area contributed by atoms with Crippen LogP contribution in [0.1, 0.15) is 103 Å². The summed E-state index contributed by atoms with van der Waals surface area (Å²) in [6.07, 6.45) is 16.9. The Morgan fingerprint density at radius 1 is 0.946 bits per heavy atom. The third-order valence-corrected chi connectivity index (χ3v) is 16.9. The Bertz CT molecular complexity index is 3190. The number of fused-ring (bicyclic) bond motifs is 2. The van der Waals surface area contributed by atoms with Crippen molar-refractivity contribution < 1.29 is 42.2 Å². The lowest BCUT2D eigenvalue weighted by Gasteiger charge is -2.47. The minimum Gasteiger partial charge on any atom is -0.508 e. The van der Waals surface area contributed by atoms with Crippen LogP contribution in [0.4, 0.5) is 25.1 Å². The van der Waals surface area contributed by atoms with Gasteiger partial charge in [0.15, 0.2) is 5.82 Å². The van der Waals surface area contributed by atoms with Gasteiger partial charge < -0.3 is 34.5 Å². The predicted octanol–water partition coefficient (Wildman–Crippen LogP) is 7.81. The summed E-state index contributed by atoms with van der Waals surface area (Å²) in [6.45, 7) is 7.44. The summed E-state index contributed by atoms with van der Waals surface area (Å²) in [7, 11) is 0. The molecule has 6 heterocycles. The lowest BCUT2D eigenvalue weighted by atomic mass is 9.65. The standard InChI is InChI=1S/C57H65F2N9O6/c1-4-41-44(58)9-8-38-28-40(69)30-42(47(38)41)49-48(59)50-43(31-60-49)51(67-20-5-13-55(3,73)33-67)63-53(62-50)74-35-57(16-17-57)34-65-26-24-64(25-27-65)32-37-10-14-56(15-11-37)18-22-66(23-19-56)52(71)39-7-6-36(2)45(29-39)68-21-12-46(70)61-54(68)72/h1,6-9,28-31,37,69,73H,5,10-27,32-35H2,2-3H3,(H,61,70,72)/t55-/m1/s1/i2D3. The number of nitrogens with zero attached hydrogens (tertiary/aromatic N) is 8. The average molecular weight is 1010 g/mol. The minimum atomic E-state index is -2.52. The second-order valence-corrected chi connectivity index (χ2v) is 22.3. The Labute approximate surface area is 434 Å². The van der Waals surface area contributed by atoms with Gasteiger partial charge in [-0.05, 0) is 131 Å². The third-order valence-electron chi connectivity index (χ3n) is 16.9. The molecule has 4 amide bonds. The number of pyridine rings is 1. The Kier molecular flexibility index (Phi) is 12.2. The molecule has 1 atom stereocenters. The van der Waals surface area contributed by atoms with Gasteiger partial charge in [0.25, 0.3) is 5.91 Å². The number of β-amino-alcohol motifs (C(OH)–C–C–N with tert-alkyl or cyclic N) is 1. The number of ether oxygens (including phenoxy) is 1. The minimum absolute atomic E-state index is 0.00922. The summed E-state index contributed by atoms with van der Waals surface area (Å²) in [6, 6.07) is 9.18. The highest BCUT2D eigenvalue weighted by molar-refractivity contribution is 6.07. The van der Waals surface area contributed by atoms with Gasteiger partial charge in [-0.1, -0.05) is 18.1 Å². The van der Waals surface area contributed by atoms with Gasteiger partial charge in [0.2, 0.25) is 5.91 Å². The topological polar surface area (TPSA) is 168 Å². The molecule has 4 saturated heterocycles. The summed E-state index contributed by atoms with van der Waals surface area (Å²) in [5, 5.41) is 25.0. The van der Waals surface area contributed by atoms with Crippen molar-refractivity contribution in [2.45, 2.75) is 90.0 Å². The second-order valence-electron chi connectivity index (χ2n) is 22.3. The smallest absolute Gasteiger partial charge is 0.328 e. The second kappa shape index (κ2) is 19.7. The van der Waals surface area contributed by atoms with Gasteiger partial charge >= 0.3 is 12.0 Å². The van der Waals surface area contributed by atoms with Crippen LogP contribution in [-0.2, 0) is 4.79 Å². The number of carbonyl (C=O) groups is 3. The molecule has 2 aromatic heterocycles. The van der Waals surface area contributed by atoms with Crippen LogP contribution in [0, 0.1) is 47.6 Å². The fourth-order valence-corrected chi connectivity index (χ4v) is 12.4. The monoisotopic (exact) mass is 1010 g/mol. The van der Waals surface area contributed by atoms with Gasteiger partial charge in [0.1, 0.15) is 28.6 Å². The van der Waals surface area contributed by atoms with Crippen molar-refractivity contribution in [2.75, 3.05) is 88.4 Å². The van der Waals surface area contributed by atoms with E-state index in [2.05, 4.69) is 31.0 Å². The van der Waals surface area contributed by atoms with Crippen LogP contribution in [-0.4, -0.2) is 142 Å². The number of imide groups is 1. The number of aliphatic hydroxyl groups is 1. The highest BCUT2D eigenvalue weighted by Crippen LogP contribution is 2.49. The maximum atomic E-state index is 17.1. The summed E-state index contributed by atoms with van der Waals surface area (Å²) >= 11 is 0. The van der Waals surface area contributed by atoms with Crippen LogP contribution in [0.25, 0.3) is 32.9 Å². The number of urea groups is 1. The Hall–Kier alpha value is -6.48. The first-order valence-electron chi connectivity index (χ1n) is 27.7. The molecule has 17 heteroatoms. The van der Waals surface area contributed by atoms with Gasteiger partial charge in [0.05, 0.1) is 23.2 Å². The summed E-state index contributed by atoms with van der Waals surface area (Å²) in [4.78, 5) is 62.5. The Balaban J connectivity index is 0.695. The molecule has 388 valence electrons. The van der Waals surface area contributed by atoms with Crippen molar-refractivity contribution in [3.63, 3.8) is 0 Å². The largest absolute Gasteiger partial charge is 0.508 e. The van der Waals surface area contributed by atoms with E-state index in [4.69, 9.17) is 20.3 Å². The lowest BCUT2D eigenvalue weighted by molar-refractivity contribution is -0.120. The molecule has 5 aromatic rings. The highest BCUT2D eigenvalue weighted by Gasteiger charge is 2.46. The van der Waals surface area contributed by atoms with Crippen LogP contribution in [0.5, 0.6) is 11.8 Å². The van der Waals surface area contributed by atoms with E-state index in [-0.39, 0.29) is 87.0 Å². The van der Waals surface area contributed by atoms with Crippen LogP contribution < -0.4 is 19.9 Å². The molecule has 6 aliphatic rings. The van der Waals surface area contributed by atoms with Crippen molar-refractivity contribution in [1.29, 1.82) is 0 Å². The number of hydrogen-bond acceptors (Lipinski definition) is 12. The number of phenols is 1. The summed E-state index contributed by atoms with van der Waals surface area (Å²) in [5.74, 6) is 1.15. The molecule has 3 aromatic carbocycles. The number of terminal acetylenes is 1. The van der Waals surface area contributed by atoms with E-state index in [0.717, 1.165) is 90.6 Å². The SMILES string of the molecule is [2H]C([2H])([2H])c1ccc(C(=O)N2CCC3(CCC(CN4CCN(CC5(COc6nc(N7CCC[C@@](C)(O)C7)c7cnc(-c8cc(O)cc9ccc(F)c(C#C)c89)c(F)c7n6)CC5)CC4)CC3)CC2)cc1N1CCC(=O)NC1=O. The van der Waals surface area contributed by atoms with E-state index in [1.165, 1.54) is 53.6 Å². The predicted molar refractivity (Wildman–Crippen MR) is 278 cm³/mol. The van der Waals surface area contributed by atoms with Gasteiger partial charge in [0, 0.05) is 116 Å². The molecule has 0 bridgehead atoms. The number of aromatic nitrogens is 3. The molecular weight excluding hydrogens is 945 g/mol. The molecule has 4 aliphatic heterocycles. The molecule has 15 nitrogen and oxygen atoms in total. The van der Waals surface area contributed by atoms with E-state index in [9.17, 15) is 24.6 Å².